The molecular formula is C25H17BrCl2N6O3. The molecule has 2 atom stereocenters. The van der Waals surface area contributed by atoms with Gasteiger partial charge in [-0.1, -0.05) is 23.2 Å². The maximum Gasteiger partial charge on any atom is 0.206 e. The number of benzene rings is 2. The van der Waals surface area contributed by atoms with Crippen LogP contribution in [0.15, 0.2) is 64.4 Å². The fourth-order valence-corrected chi connectivity index (χ4v) is 4.76. The minimum atomic E-state index is -1.40. The number of aliphatic hydroxyl groups excluding tert-OH is 2. The van der Waals surface area contributed by atoms with Crippen molar-refractivity contribution in [3.63, 3.8) is 0 Å². The molecule has 2 aromatic heterocycles. The minimum absolute atomic E-state index is 0.156. The van der Waals surface area contributed by atoms with Crippen LogP contribution in [0, 0.1) is 18.3 Å². The number of aryl methyl sites for hydroxylation is 1. The van der Waals surface area contributed by atoms with Crippen molar-refractivity contribution < 1.29 is 14.9 Å². The van der Waals surface area contributed by atoms with Crippen LogP contribution in [-0.4, -0.2) is 38.5 Å². The second kappa shape index (κ2) is 10.2. The van der Waals surface area contributed by atoms with Crippen molar-refractivity contribution in [1.29, 1.82) is 5.26 Å². The molecule has 0 spiro atoms. The number of nitrogens with zero attached hydrogens (tertiary/aromatic N) is 5. The third-order valence-electron chi connectivity index (χ3n) is 5.60. The molecule has 2 unspecified atom stereocenters. The van der Waals surface area contributed by atoms with Crippen LogP contribution in [0.2, 0.25) is 10.0 Å². The summed E-state index contributed by atoms with van der Waals surface area (Å²) in [4.78, 5) is 8.94. The summed E-state index contributed by atoms with van der Waals surface area (Å²) in [5.74, 6) is 0.709. The van der Waals surface area contributed by atoms with Crippen molar-refractivity contribution in [2.75, 3.05) is 5.01 Å². The SMILES string of the molecule is Cc1cc(-c2ccnc(Br)c2)nc2ccc(Oc3c(Cl)cc(N4N=C(C#N)C(O)NC4O)cc3Cl)cc12. The molecule has 4 aromatic rings. The second-order valence-corrected chi connectivity index (χ2v) is 9.72. The van der Waals surface area contributed by atoms with Crippen LogP contribution in [0.3, 0.4) is 0 Å². The molecule has 0 saturated carbocycles. The van der Waals surface area contributed by atoms with Crippen LogP contribution in [0.25, 0.3) is 22.2 Å². The highest BCUT2D eigenvalue weighted by atomic mass is 79.9. The second-order valence-electron chi connectivity index (χ2n) is 8.10. The molecule has 3 N–H and O–H groups in total. The normalized spacial score (nSPS) is 17.4. The van der Waals surface area contributed by atoms with Crippen molar-refractivity contribution in [1.82, 2.24) is 15.3 Å². The number of hydrogen-bond acceptors (Lipinski definition) is 9. The van der Waals surface area contributed by atoms with E-state index in [0.717, 1.165) is 37.3 Å². The fraction of sp³-hybridized carbons (Fsp3) is 0.120. The van der Waals surface area contributed by atoms with Crippen LogP contribution in [0.4, 0.5) is 5.69 Å². The summed E-state index contributed by atoms with van der Waals surface area (Å²) < 4.78 is 6.76. The van der Waals surface area contributed by atoms with Gasteiger partial charge in [-0.25, -0.2) is 20.3 Å². The van der Waals surface area contributed by atoms with Crippen LogP contribution in [0.1, 0.15) is 5.56 Å². The Balaban J connectivity index is 1.45. The van der Waals surface area contributed by atoms with E-state index in [1.165, 1.54) is 12.1 Å². The first-order chi connectivity index (χ1) is 17.7. The van der Waals surface area contributed by atoms with Crippen molar-refractivity contribution in [2.45, 2.75) is 19.5 Å². The van der Waals surface area contributed by atoms with E-state index in [1.807, 2.05) is 37.3 Å². The number of hydrazone groups is 1. The maximum atomic E-state index is 10.2. The summed E-state index contributed by atoms with van der Waals surface area (Å²) in [5, 5.41) is 37.8. The van der Waals surface area contributed by atoms with Gasteiger partial charge in [-0.05, 0) is 76.9 Å². The Morgan fingerprint density at radius 2 is 1.86 bits per heavy atom. The highest BCUT2D eigenvalue weighted by molar-refractivity contribution is 9.10. The Hall–Kier alpha value is -3.30. The number of pyridine rings is 2. The van der Waals surface area contributed by atoms with Gasteiger partial charge in [-0.3, -0.25) is 0 Å². The summed E-state index contributed by atoms with van der Waals surface area (Å²) in [7, 11) is 0. The topological polar surface area (TPSA) is 127 Å². The lowest BCUT2D eigenvalue weighted by Gasteiger charge is -2.32. The van der Waals surface area contributed by atoms with Gasteiger partial charge < -0.3 is 14.9 Å². The third-order valence-corrected chi connectivity index (χ3v) is 6.60. The first kappa shape index (κ1) is 25.4. The summed E-state index contributed by atoms with van der Waals surface area (Å²) in [6, 6.07) is 16.0. The van der Waals surface area contributed by atoms with Gasteiger partial charge in [0.2, 0.25) is 6.35 Å². The minimum Gasteiger partial charge on any atom is -0.454 e. The van der Waals surface area contributed by atoms with Gasteiger partial charge >= 0.3 is 0 Å². The molecule has 1 aliphatic rings. The predicted molar refractivity (Wildman–Crippen MR) is 145 cm³/mol. The molecule has 0 saturated heterocycles. The van der Waals surface area contributed by atoms with Crippen LogP contribution < -0.4 is 15.1 Å². The Kier molecular flexibility index (Phi) is 7.00. The van der Waals surface area contributed by atoms with Gasteiger partial charge in [0, 0.05) is 17.1 Å². The Bertz CT molecular complexity index is 1590. The number of aromatic nitrogens is 2. The van der Waals surface area contributed by atoms with Gasteiger partial charge in [0.15, 0.2) is 17.7 Å². The van der Waals surface area contributed by atoms with Crippen molar-refractivity contribution in [2.24, 2.45) is 5.10 Å². The van der Waals surface area contributed by atoms with Crippen LogP contribution in [0.5, 0.6) is 11.5 Å². The number of anilines is 1. The number of nitrogens with one attached hydrogen (secondary N) is 1. The van der Waals surface area contributed by atoms with Gasteiger partial charge in [-0.2, -0.15) is 10.4 Å². The van der Waals surface area contributed by atoms with Crippen molar-refractivity contribution in [3.05, 3.63) is 74.9 Å². The lowest BCUT2D eigenvalue weighted by atomic mass is 10.1. The van der Waals surface area contributed by atoms with E-state index in [0.29, 0.717) is 5.75 Å². The number of ether oxygens (including phenoxy) is 1. The Labute approximate surface area is 229 Å². The van der Waals surface area contributed by atoms with Crippen LogP contribution in [-0.2, 0) is 0 Å². The van der Waals surface area contributed by atoms with Gasteiger partial charge in [-0.15, -0.1) is 0 Å². The Morgan fingerprint density at radius 1 is 1.11 bits per heavy atom. The first-order valence-corrected chi connectivity index (χ1v) is 12.4. The first-order valence-electron chi connectivity index (χ1n) is 10.8. The summed E-state index contributed by atoms with van der Waals surface area (Å²) in [6.45, 7) is 1.99. The molecule has 12 heteroatoms. The summed E-state index contributed by atoms with van der Waals surface area (Å²) in [5.41, 5.74) is 3.63. The van der Waals surface area contributed by atoms with Crippen molar-refractivity contribution >= 4 is 61.4 Å². The largest absolute Gasteiger partial charge is 0.454 e. The molecule has 1 aliphatic heterocycles. The van der Waals surface area contributed by atoms with E-state index in [-0.39, 0.29) is 27.2 Å². The highest BCUT2D eigenvalue weighted by Crippen LogP contribution is 2.41. The van der Waals surface area contributed by atoms with Crippen molar-refractivity contribution in [3.8, 4) is 28.8 Å². The van der Waals surface area contributed by atoms with Crippen LogP contribution >= 0.6 is 39.1 Å². The predicted octanol–water partition coefficient (Wildman–Crippen LogP) is 5.35. The summed E-state index contributed by atoms with van der Waals surface area (Å²) >= 11 is 16.4. The molecule has 37 heavy (non-hydrogen) atoms. The average Bonchev–Trinajstić information content (AvgIpc) is 2.86. The number of fused-ring (bicyclic) bond motifs is 1. The molecule has 2 aromatic carbocycles. The number of halogens is 3. The quantitative estimate of drug-likeness (QED) is 0.268. The van der Waals surface area contributed by atoms with E-state index >= 15 is 0 Å². The van der Waals surface area contributed by atoms with E-state index < -0.39 is 12.6 Å². The molecule has 3 heterocycles. The van der Waals surface area contributed by atoms with E-state index in [1.54, 1.807) is 18.3 Å². The van der Waals surface area contributed by atoms with E-state index in [2.05, 4.69) is 31.3 Å². The molecular weight excluding hydrogens is 583 g/mol. The Morgan fingerprint density at radius 3 is 2.57 bits per heavy atom. The number of aliphatic hydroxyl groups is 2. The molecule has 0 radical (unpaired) electrons. The number of hydrogen-bond donors (Lipinski definition) is 3. The summed E-state index contributed by atoms with van der Waals surface area (Å²) in [6.07, 6.45) is -1.07. The highest BCUT2D eigenvalue weighted by Gasteiger charge is 2.29. The lowest BCUT2D eigenvalue weighted by molar-refractivity contribution is 0.0631. The monoisotopic (exact) mass is 598 g/mol. The molecule has 0 amide bonds. The number of nitriles is 1. The van der Waals surface area contributed by atoms with E-state index in [4.69, 9.17) is 38.2 Å². The zero-order valence-electron chi connectivity index (χ0n) is 19.0. The standard InChI is InChI=1S/C25H17BrCl2N6O3/c1-12-6-20(13-4-5-30-22(26)7-13)31-19-3-2-15(10-16(12)19)37-23-17(27)8-14(9-18(23)28)34-25(36)32-24(35)21(11-29)33-34/h2-10,24-25,32,35-36H,1H3. The molecule has 0 fully saturated rings. The molecule has 5 rings (SSSR count). The lowest BCUT2D eigenvalue weighted by Crippen LogP contribution is -2.55. The van der Waals surface area contributed by atoms with Gasteiger partial charge in [0.1, 0.15) is 16.4 Å². The average molecular weight is 600 g/mol. The maximum absolute atomic E-state index is 10.2. The molecule has 9 nitrogen and oxygen atoms in total. The molecule has 0 bridgehead atoms. The molecule has 0 aliphatic carbocycles. The van der Waals surface area contributed by atoms with Gasteiger partial charge in [0.25, 0.3) is 0 Å². The smallest absolute Gasteiger partial charge is 0.206 e. The van der Waals surface area contributed by atoms with E-state index in [9.17, 15) is 10.2 Å². The zero-order valence-corrected chi connectivity index (χ0v) is 22.1. The number of rotatable bonds is 4. The molecule has 186 valence electrons. The zero-order chi connectivity index (χ0) is 26.3. The fourth-order valence-electron chi connectivity index (χ4n) is 3.84. The third kappa shape index (κ3) is 5.10. The van der Waals surface area contributed by atoms with Gasteiger partial charge in [0.05, 0.1) is 26.9 Å².